The van der Waals surface area contributed by atoms with Crippen molar-refractivity contribution in [1.82, 2.24) is 4.90 Å². The third-order valence-electron chi connectivity index (χ3n) is 4.89. The topological polar surface area (TPSA) is 18.5 Å². The van der Waals surface area contributed by atoms with Gasteiger partial charge in [-0.1, -0.05) is 29.8 Å². The van der Waals surface area contributed by atoms with Crippen LogP contribution >= 0.6 is 0 Å². The molecule has 3 rings (SSSR count). The smallest absolute Gasteiger partial charge is 0.0400 e. The molecule has 0 radical (unpaired) electrons. The zero-order valence-corrected chi connectivity index (χ0v) is 15.1. The van der Waals surface area contributed by atoms with Gasteiger partial charge in [-0.3, -0.25) is 4.90 Å². The maximum atomic E-state index is 3.51. The number of anilines is 2. The summed E-state index contributed by atoms with van der Waals surface area (Å²) in [6, 6.07) is 18.2. The molecule has 0 bridgehead atoms. The number of nitrogens with one attached hydrogen (secondary N) is 1. The molecular weight excluding hydrogens is 294 g/mol. The largest absolute Gasteiger partial charge is 0.381 e. The number of rotatable bonds is 5. The molecule has 1 saturated heterocycles. The Balaban J connectivity index is 1.53. The molecule has 0 unspecified atom stereocenters. The Bertz CT molecular complexity index is 623. The van der Waals surface area contributed by atoms with Crippen molar-refractivity contribution < 1.29 is 0 Å². The van der Waals surface area contributed by atoms with E-state index in [0.717, 1.165) is 32.7 Å². The molecule has 2 aromatic rings. The van der Waals surface area contributed by atoms with E-state index in [1.165, 1.54) is 22.5 Å². The lowest BCUT2D eigenvalue weighted by Crippen LogP contribution is -2.48. The quantitative estimate of drug-likeness (QED) is 0.892. The highest BCUT2D eigenvalue weighted by atomic mass is 15.3. The standard InChI is InChI=1S/C21H29N3/c1-17(2)23-12-14-24(15-13-23)21-10-8-20(9-11-21)22-16-19-6-4-18(3)5-7-19/h4-11,17,22H,12-16H2,1-3H3. The molecule has 0 aromatic heterocycles. The maximum Gasteiger partial charge on any atom is 0.0400 e. The molecular formula is C21H29N3. The highest BCUT2D eigenvalue weighted by Crippen LogP contribution is 2.20. The second-order valence-electron chi connectivity index (χ2n) is 7.00. The second-order valence-corrected chi connectivity index (χ2v) is 7.00. The van der Waals surface area contributed by atoms with Crippen LogP contribution in [0.2, 0.25) is 0 Å². The molecule has 1 aliphatic heterocycles. The first-order valence-electron chi connectivity index (χ1n) is 9.00. The summed E-state index contributed by atoms with van der Waals surface area (Å²) in [7, 11) is 0. The van der Waals surface area contributed by atoms with E-state index in [1.807, 2.05) is 0 Å². The van der Waals surface area contributed by atoms with Gasteiger partial charge in [-0.15, -0.1) is 0 Å². The first kappa shape index (κ1) is 16.8. The molecule has 0 amide bonds. The van der Waals surface area contributed by atoms with Gasteiger partial charge in [0.25, 0.3) is 0 Å². The molecule has 1 N–H and O–H groups in total. The normalized spacial score (nSPS) is 15.8. The lowest BCUT2D eigenvalue weighted by atomic mass is 10.1. The summed E-state index contributed by atoms with van der Waals surface area (Å²) in [4.78, 5) is 5.04. The van der Waals surface area contributed by atoms with Gasteiger partial charge in [0, 0.05) is 50.1 Å². The minimum atomic E-state index is 0.653. The summed E-state index contributed by atoms with van der Waals surface area (Å²) in [5.74, 6) is 0. The number of nitrogens with zero attached hydrogens (tertiary/aromatic N) is 2. The van der Waals surface area contributed by atoms with Crippen LogP contribution in [-0.2, 0) is 6.54 Å². The zero-order chi connectivity index (χ0) is 16.9. The summed E-state index contributed by atoms with van der Waals surface area (Å²) in [5, 5.41) is 3.51. The lowest BCUT2D eigenvalue weighted by molar-refractivity contribution is 0.209. The van der Waals surface area contributed by atoms with Crippen LogP contribution in [-0.4, -0.2) is 37.1 Å². The number of benzene rings is 2. The van der Waals surface area contributed by atoms with Gasteiger partial charge < -0.3 is 10.2 Å². The van der Waals surface area contributed by atoms with E-state index in [1.54, 1.807) is 0 Å². The monoisotopic (exact) mass is 323 g/mol. The Hall–Kier alpha value is -2.00. The summed E-state index contributed by atoms with van der Waals surface area (Å²) in [5.41, 5.74) is 5.13. The average molecular weight is 323 g/mol. The van der Waals surface area contributed by atoms with Gasteiger partial charge in [-0.05, 0) is 50.6 Å². The molecule has 2 aromatic carbocycles. The first-order chi connectivity index (χ1) is 11.6. The van der Waals surface area contributed by atoms with Gasteiger partial charge in [0.15, 0.2) is 0 Å². The van der Waals surface area contributed by atoms with Crippen LogP contribution < -0.4 is 10.2 Å². The predicted octanol–water partition coefficient (Wildman–Crippen LogP) is 4.14. The van der Waals surface area contributed by atoms with E-state index in [9.17, 15) is 0 Å². The molecule has 24 heavy (non-hydrogen) atoms. The molecule has 128 valence electrons. The van der Waals surface area contributed by atoms with Crippen molar-refractivity contribution in [1.29, 1.82) is 0 Å². The number of hydrogen-bond donors (Lipinski definition) is 1. The van der Waals surface area contributed by atoms with Crippen LogP contribution in [0.25, 0.3) is 0 Å². The Morgan fingerprint density at radius 3 is 2.08 bits per heavy atom. The molecule has 0 aliphatic carbocycles. The lowest BCUT2D eigenvalue weighted by Gasteiger charge is -2.38. The summed E-state index contributed by atoms with van der Waals surface area (Å²) < 4.78 is 0. The van der Waals surface area contributed by atoms with Gasteiger partial charge >= 0.3 is 0 Å². The van der Waals surface area contributed by atoms with Gasteiger partial charge in [-0.25, -0.2) is 0 Å². The van der Waals surface area contributed by atoms with E-state index in [4.69, 9.17) is 0 Å². The van der Waals surface area contributed by atoms with Crippen molar-refractivity contribution in [2.45, 2.75) is 33.4 Å². The van der Waals surface area contributed by atoms with Crippen LogP contribution in [0.15, 0.2) is 48.5 Å². The Morgan fingerprint density at radius 1 is 0.875 bits per heavy atom. The Morgan fingerprint density at radius 2 is 1.50 bits per heavy atom. The highest BCUT2D eigenvalue weighted by Gasteiger charge is 2.18. The molecule has 0 spiro atoms. The fourth-order valence-electron chi connectivity index (χ4n) is 3.20. The van der Waals surface area contributed by atoms with Crippen LogP contribution in [0, 0.1) is 6.92 Å². The van der Waals surface area contributed by atoms with E-state index < -0.39 is 0 Å². The van der Waals surface area contributed by atoms with Crippen molar-refractivity contribution in [3.05, 3.63) is 59.7 Å². The van der Waals surface area contributed by atoms with Crippen molar-refractivity contribution in [2.24, 2.45) is 0 Å². The van der Waals surface area contributed by atoms with Gasteiger partial charge in [-0.2, -0.15) is 0 Å². The molecule has 1 aliphatic rings. The Kier molecular flexibility index (Phi) is 5.41. The minimum Gasteiger partial charge on any atom is -0.381 e. The zero-order valence-electron chi connectivity index (χ0n) is 15.1. The molecule has 0 saturated carbocycles. The van der Waals surface area contributed by atoms with Gasteiger partial charge in [0.1, 0.15) is 0 Å². The van der Waals surface area contributed by atoms with E-state index in [0.29, 0.717) is 6.04 Å². The van der Waals surface area contributed by atoms with E-state index in [-0.39, 0.29) is 0 Å². The fraction of sp³-hybridized carbons (Fsp3) is 0.429. The number of piperazine rings is 1. The molecule has 0 atom stereocenters. The van der Waals surface area contributed by atoms with Crippen LogP contribution in [0.4, 0.5) is 11.4 Å². The van der Waals surface area contributed by atoms with E-state index in [2.05, 4.69) is 84.4 Å². The molecule has 3 nitrogen and oxygen atoms in total. The average Bonchev–Trinajstić information content (AvgIpc) is 2.62. The number of aryl methyl sites for hydroxylation is 1. The fourth-order valence-corrected chi connectivity index (χ4v) is 3.20. The van der Waals surface area contributed by atoms with Crippen LogP contribution in [0.3, 0.4) is 0 Å². The molecule has 3 heteroatoms. The summed E-state index contributed by atoms with van der Waals surface area (Å²) in [6.07, 6.45) is 0. The summed E-state index contributed by atoms with van der Waals surface area (Å²) >= 11 is 0. The maximum absolute atomic E-state index is 3.51. The first-order valence-corrected chi connectivity index (χ1v) is 9.00. The van der Waals surface area contributed by atoms with Crippen molar-refractivity contribution >= 4 is 11.4 Å². The predicted molar refractivity (Wildman–Crippen MR) is 104 cm³/mol. The van der Waals surface area contributed by atoms with E-state index >= 15 is 0 Å². The van der Waals surface area contributed by atoms with Crippen LogP contribution in [0.5, 0.6) is 0 Å². The summed E-state index contributed by atoms with van der Waals surface area (Å²) in [6.45, 7) is 12.1. The third kappa shape index (κ3) is 4.30. The van der Waals surface area contributed by atoms with Crippen molar-refractivity contribution in [3.8, 4) is 0 Å². The Labute approximate surface area is 146 Å². The van der Waals surface area contributed by atoms with Crippen LogP contribution in [0.1, 0.15) is 25.0 Å². The minimum absolute atomic E-state index is 0.653. The highest BCUT2D eigenvalue weighted by molar-refractivity contribution is 5.55. The second kappa shape index (κ2) is 7.71. The molecule has 1 fully saturated rings. The van der Waals surface area contributed by atoms with Gasteiger partial charge in [0.05, 0.1) is 0 Å². The number of hydrogen-bond acceptors (Lipinski definition) is 3. The van der Waals surface area contributed by atoms with Crippen molar-refractivity contribution in [3.63, 3.8) is 0 Å². The SMILES string of the molecule is Cc1ccc(CNc2ccc(N3CCN(C(C)C)CC3)cc2)cc1. The van der Waals surface area contributed by atoms with Gasteiger partial charge in [0.2, 0.25) is 0 Å². The third-order valence-corrected chi connectivity index (χ3v) is 4.89. The van der Waals surface area contributed by atoms with Crippen molar-refractivity contribution in [2.75, 3.05) is 36.4 Å². The molecule has 1 heterocycles.